The van der Waals surface area contributed by atoms with Crippen LogP contribution in [-0.4, -0.2) is 31.1 Å². The molecule has 196 valence electrons. The van der Waals surface area contributed by atoms with E-state index in [1.165, 1.54) is 11.3 Å². The van der Waals surface area contributed by atoms with Gasteiger partial charge in [0.25, 0.3) is 0 Å². The van der Waals surface area contributed by atoms with E-state index >= 15 is 0 Å². The molecule has 1 atom stereocenters. The maximum Gasteiger partial charge on any atom is 0.416 e. The molecule has 37 heavy (non-hydrogen) atoms. The van der Waals surface area contributed by atoms with Crippen LogP contribution in [-0.2, 0) is 16.6 Å². The first-order valence-corrected chi connectivity index (χ1v) is 13.1. The molecule has 2 aliphatic rings. The van der Waals surface area contributed by atoms with E-state index in [2.05, 4.69) is 20.3 Å². The van der Waals surface area contributed by atoms with E-state index in [1.807, 2.05) is 13.0 Å². The van der Waals surface area contributed by atoms with Crippen molar-refractivity contribution < 1.29 is 28.2 Å². The lowest BCUT2D eigenvalue weighted by molar-refractivity contribution is -0.144. The van der Waals surface area contributed by atoms with E-state index in [0.717, 1.165) is 41.6 Å². The fraction of sp³-hybridized carbons (Fsp3) is 0.462. The third-order valence-corrected chi connectivity index (χ3v) is 8.47. The number of nitrogens with zero attached hydrogens (tertiary/aromatic N) is 3. The molecule has 11 heteroatoms. The predicted molar refractivity (Wildman–Crippen MR) is 132 cm³/mol. The maximum absolute atomic E-state index is 13.1. The van der Waals surface area contributed by atoms with Gasteiger partial charge in [-0.1, -0.05) is 0 Å². The Kier molecular flexibility index (Phi) is 6.70. The van der Waals surface area contributed by atoms with Crippen molar-refractivity contribution in [2.24, 2.45) is 17.8 Å². The molecule has 0 spiro atoms. The molecule has 0 aliphatic heterocycles. The number of carboxylic acids is 1. The van der Waals surface area contributed by atoms with Crippen molar-refractivity contribution in [3.05, 3.63) is 52.8 Å². The van der Waals surface area contributed by atoms with Crippen LogP contribution in [0.1, 0.15) is 54.7 Å². The highest BCUT2D eigenvalue weighted by molar-refractivity contribution is 7.15. The van der Waals surface area contributed by atoms with Crippen LogP contribution in [0.15, 0.2) is 36.7 Å². The number of hydrogen-bond donors (Lipinski definition) is 3. The summed E-state index contributed by atoms with van der Waals surface area (Å²) >= 11 is 1.36. The highest BCUT2D eigenvalue weighted by Gasteiger charge is 2.53. The average Bonchev–Trinajstić information content (AvgIpc) is 3.59. The first-order valence-electron chi connectivity index (χ1n) is 12.2. The second-order valence-electron chi connectivity index (χ2n) is 9.98. The summed E-state index contributed by atoms with van der Waals surface area (Å²) in [5.41, 5.74) is -0.467. The van der Waals surface area contributed by atoms with Gasteiger partial charge >= 0.3 is 12.1 Å². The molecule has 1 unspecified atom stereocenters. The van der Waals surface area contributed by atoms with Crippen LogP contribution in [0.2, 0.25) is 0 Å². The van der Waals surface area contributed by atoms with Gasteiger partial charge in [-0.25, -0.2) is 15.0 Å². The summed E-state index contributed by atoms with van der Waals surface area (Å²) in [6.45, 7) is 1.86. The third-order valence-electron chi connectivity index (χ3n) is 7.31. The van der Waals surface area contributed by atoms with Crippen molar-refractivity contribution >= 4 is 28.9 Å². The second kappa shape index (κ2) is 9.68. The number of aryl methyl sites for hydroxylation is 1. The number of carboxylic acid groups (broad SMARTS) is 1. The number of nitrogens with one attached hydrogen (secondary N) is 1. The number of rotatable bonds is 7. The lowest BCUT2D eigenvalue weighted by Gasteiger charge is -2.38. The van der Waals surface area contributed by atoms with Gasteiger partial charge < -0.3 is 15.5 Å². The Balaban J connectivity index is 1.39. The number of carbonyl (C=O) groups is 1. The molecule has 2 aliphatic carbocycles. The van der Waals surface area contributed by atoms with Crippen LogP contribution in [0.4, 0.5) is 24.8 Å². The lowest BCUT2D eigenvalue weighted by Crippen LogP contribution is -2.40. The van der Waals surface area contributed by atoms with Crippen LogP contribution in [0.25, 0.3) is 10.6 Å². The molecule has 0 saturated heterocycles. The number of aliphatic hydroxyl groups is 1. The monoisotopic (exact) mass is 532 g/mol. The number of pyridine rings is 2. The van der Waals surface area contributed by atoms with Crippen molar-refractivity contribution in [2.45, 2.75) is 57.2 Å². The van der Waals surface area contributed by atoms with Gasteiger partial charge in [0.1, 0.15) is 22.2 Å². The van der Waals surface area contributed by atoms with E-state index < -0.39 is 23.3 Å². The van der Waals surface area contributed by atoms with Crippen molar-refractivity contribution in [1.82, 2.24) is 15.0 Å². The summed E-state index contributed by atoms with van der Waals surface area (Å²) < 4.78 is 39.2. The molecular formula is C26H27F3N4O3S. The highest BCUT2D eigenvalue weighted by atomic mass is 32.1. The minimum atomic E-state index is -4.48. The summed E-state index contributed by atoms with van der Waals surface area (Å²) in [5, 5.41) is 24.7. The topological polar surface area (TPSA) is 108 Å². The lowest BCUT2D eigenvalue weighted by atomic mass is 9.71. The molecule has 0 radical (unpaired) electrons. The first-order chi connectivity index (χ1) is 17.5. The van der Waals surface area contributed by atoms with Gasteiger partial charge in [0.2, 0.25) is 0 Å². The Morgan fingerprint density at radius 1 is 1.03 bits per heavy atom. The van der Waals surface area contributed by atoms with Crippen LogP contribution in [0.5, 0.6) is 0 Å². The summed E-state index contributed by atoms with van der Waals surface area (Å²) in [5.74, 6) is -0.706. The minimum absolute atomic E-state index is 0.0314. The minimum Gasteiger partial charge on any atom is -0.481 e. The quantitative estimate of drug-likeness (QED) is 0.334. The van der Waals surface area contributed by atoms with Gasteiger partial charge in [0.15, 0.2) is 0 Å². The standard InChI is InChI=1S/C26H27F3N4O3S/c1-14-10-19(32-22(11-14)33-21-12-18(8-9-30-21)26(27,28)29)20-13-31-24(37-20)25(36,17-6-7-17)16-4-2-15(3-5-16)23(34)35/h8-13,15-17,36H,2-7H2,1H3,(H,34,35)(H,30,32,33)/t15-,16-,25?. The SMILES string of the molecule is Cc1cc(Nc2cc(C(F)(F)F)ccn2)nc(-c2cnc(C(O)(C3CC3)[C@H]3CC[C@H](C(=O)O)CC3)s2)c1. The Morgan fingerprint density at radius 3 is 2.32 bits per heavy atom. The van der Waals surface area contributed by atoms with E-state index in [-0.39, 0.29) is 23.6 Å². The van der Waals surface area contributed by atoms with Crippen molar-refractivity contribution in [1.29, 1.82) is 0 Å². The zero-order valence-electron chi connectivity index (χ0n) is 20.1. The van der Waals surface area contributed by atoms with Crippen LogP contribution in [0, 0.1) is 24.7 Å². The molecule has 3 heterocycles. The van der Waals surface area contributed by atoms with Crippen molar-refractivity contribution in [3.63, 3.8) is 0 Å². The molecule has 2 saturated carbocycles. The number of alkyl halides is 3. The summed E-state index contributed by atoms with van der Waals surface area (Å²) in [4.78, 5) is 25.3. The molecule has 3 aromatic heterocycles. The predicted octanol–water partition coefficient (Wildman–Crippen LogP) is 6.16. The van der Waals surface area contributed by atoms with Gasteiger partial charge in [-0.15, -0.1) is 11.3 Å². The first kappa shape index (κ1) is 25.6. The summed E-state index contributed by atoms with van der Waals surface area (Å²) in [7, 11) is 0. The van der Waals surface area contributed by atoms with Crippen LogP contribution < -0.4 is 5.32 Å². The number of anilines is 2. The fourth-order valence-corrected chi connectivity index (χ4v) is 6.35. The van der Waals surface area contributed by atoms with Crippen molar-refractivity contribution in [3.8, 4) is 10.6 Å². The maximum atomic E-state index is 13.1. The van der Waals surface area contributed by atoms with E-state index in [9.17, 15) is 28.2 Å². The van der Waals surface area contributed by atoms with Gasteiger partial charge in [0, 0.05) is 12.4 Å². The number of thiazole rings is 1. The summed E-state index contributed by atoms with van der Waals surface area (Å²) in [6, 6.07) is 5.42. The highest BCUT2D eigenvalue weighted by Crippen LogP contribution is 2.55. The fourth-order valence-electron chi connectivity index (χ4n) is 5.23. The number of aliphatic carboxylic acids is 1. The second-order valence-corrected chi connectivity index (χ2v) is 11.0. The Bertz CT molecular complexity index is 1300. The van der Waals surface area contributed by atoms with Crippen LogP contribution in [0.3, 0.4) is 0 Å². The molecular weight excluding hydrogens is 505 g/mol. The normalized spacial score (nSPS) is 21.9. The Labute approximate surface area is 215 Å². The van der Waals surface area contributed by atoms with E-state index in [4.69, 9.17) is 0 Å². The third kappa shape index (κ3) is 5.33. The Hall–Kier alpha value is -3.05. The molecule has 5 rings (SSSR count). The van der Waals surface area contributed by atoms with Gasteiger partial charge in [0.05, 0.1) is 22.1 Å². The van der Waals surface area contributed by atoms with E-state index in [0.29, 0.717) is 42.2 Å². The molecule has 0 amide bonds. The zero-order valence-corrected chi connectivity index (χ0v) is 20.9. The molecule has 3 N–H and O–H groups in total. The molecule has 3 aromatic rings. The largest absolute Gasteiger partial charge is 0.481 e. The number of halogens is 3. The zero-order chi connectivity index (χ0) is 26.4. The smallest absolute Gasteiger partial charge is 0.416 e. The molecule has 0 aromatic carbocycles. The molecule has 2 fully saturated rings. The van der Waals surface area contributed by atoms with Crippen molar-refractivity contribution in [2.75, 3.05) is 5.32 Å². The molecule has 0 bridgehead atoms. The van der Waals surface area contributed by atoms with E-state index in [1.54, 1.807) is 12.3 Å². The van der Waals surface area contributed by atoms with Gasteiger partial charge in [-0.05, 0) is 87.1 Å². The molecule has 7 nitrogen and oxygen atoms in total. The number of hydrogen-bond acceptors (Lipinski definition) is 7. The Morgan fingerprint density at radius 2 is 1.70 bits per heavy atom. The van der Waals surface area contributed by atoms with Crippen LogP contribution >= 0.6 is 11.3 Å². The average molecular weight is 533 g/mol. The number of aromatic nitrogens is 3. The van der Waals surface area contributed by atoms with Gasteiger partial charge in [-0.2, -0.15) is 13.2 Å². The van der Waals surface area contributed by atoms with Gasteiger partial charge in [-0.3, -0.25) is 4.79 Å². The summed E-state index contributed by atoms with van der Waals surface area (Å²) in [6.07, 6.45) is 2.48.